The first-order valence-electron chi connectivity index (χ1n) is 10.2. The Balaban J connectivity index is 1.62. The van der Waals surface area contributed by atoms with Gasteiger partial charge in [0.05, 0.1) is 10.5 Å². The number of amides is 1. The zero-order valence-electron chi connectivity index (χ0n) is 16.9. The highest BCUT2D eigenvalue weighted by Gasteiger charge is 2.19. The highest BCUT2D eigenvalue weighted by Crippen LogP contribution is 2.22. The Kier molecular flexibility index (Phi) is 6.11. The number of aromatic amines is 1. The zero-order valence-corrected chi connectivity index (χ0v) is 17.8. The number of rotatable bonds is 5. The first-order valence-corrected chi connectivity index (χ1v) is 11.3. The molecule has 1 unspecified atom stereocenters. The minimum Gasteiger partial charge on any atom is -0.348 e. The van der Waals surface area contributed by atoms with Gasteiger partial charge in [0, 0.05) is 36.6 Å². The molecule has 1 amide bonds. The van der Waals surface area contributed by atoms with E-state index in [0.29, 0.717) is 27.9 Å². The SMILES string of the molecule is Cc1ccc(CNC(=O)c2cc(=O)[nH]c3ccc(S(=O)N4CCCCC4)cc23)cc1. The lowest BCUT2D eigenvalue weighted by Gasteiger charge is -2.25. The summed E-state index contributed by atoms with van der Waals surface area (Å²) in [5, 5.41) is 3.48. The van der Waals surface area contributed by atoms with Crippen LogP contribution in [0.15, 0.2) is 58.2 Å². The number of H-pyrrole nitrogens is 1. The topological polar surface area (TPSA) is 82.3 Å². The third kappa shape index (κ3) is 4.52. The summed E-state index contributed by atoms with van der Waals surface area (Å²) >= 11 is 0. The first-order chi connectivity index (χ1) is 14.5. The molecule has 1 aromatic heterocycles. The molecule has 3 aromatic rings. The molecule has 1 aliphatic heterocycles. The number of carbonyl (C=O) groups is 1. The van der Waals surface area contributed by atoms with Crippen molar-refractivity contribution in [2.24, 2.45) is 0 Å². The van der Waals surface area contributed by atoms with Gasteiger partial charge in [0.2, 0.25) is 5.56 Å². The van der Waals surface area contributed by atoms with E-state index in [4.69, 9.17) is 0 Å². The van der Waals surface area contributed by atoms with Gasteiger partial charge in [0.15, 0.2) is 0 Å². The molecule has 7 heteroatoms. The maximum atomic E-state index is 13.0. The van der Waals surface area contributed by atoms with Gasteiger partial charge in [-0.05, 0) is 43.5 Å². The molecule has 0 aliphatic carbocycles. The maximum absolute atomic E-state index is 13.0. The number of benzene rings is 2. The third-order valence-electron chi connectivity index (χ3n) is 5.38. The van der Waals surface area contributed by atoms with Gasteiger partial charge in [0.25, 0.3) is 5.91 Å². The fourth-order valence-corrected chi connectivity index (χ4v) is 4.98. The van der Waals surface area contributed by atoms with E-state index in [1.165, 1.54) is 6.07 Å². The molecule has 1 aliphatic rings. The molecule has 6 nitrogen and oxygen atoms in total. The molecule has 2 N–H and O–H groups in total. The molecule has 1 saturated heterocycles. The fourth-order valence-electron chi connectivity index (χ4n) is 3.69. The smallest absolute Gasteiger partial charge is 0.252 e. The number of fused-ring (bicyclic) bond motifs is 1. The van der Waals surface area contributed by atoms with Crippen molar-refractivity contribution in [2.45, 2.75) is 37.6 Å². The Morgan fingerprint density at radius 1 is 1.07 bits per heavy atom. The molecule has 1 atom stereocenters. The maximum Gasteiger partial charge on any atom is 0.252 e. The van der Waals surface area contributed by atoms with Crippen molar-refractivity contribution in [1.29, 1.82) is 0 Å². The molecule has 0 saturated carbocycles. The van der Waals surface area contributed by atoms with Crippen LogP contribution in [0.4, 0.5) is 0 Å². The lowest BCUT2D eigenvalue weighted by Crippen LogP contribution is -2.31. The number of piperidine rings is 1. The lowest BCUT2D eigenvalue weighted by atomic mass is 10.1. The van der Waals surface area contributed by atoms with Crippen LogP contribution in [0, 0.1) is 6.92 Å². The number of hydrogen-bond acceptors (Lipinski definition) is 3. The van der Waals surface area contributed by atoms with Crippen LogP contribution in [0.2, 0.25) is 0 Å². The summed E-state index contributed by atoms with van der Waals surface area (Å²) in [6, 6.07) is 14.5. The van der Waals surface area contributed by atoms with E-state index >= 15 is 0 Å². The van der Waals surface area contributed by atoms with E-state index in [9.17, 15) is 13.8 Å². The summed E-state index contributed by atoms with van der Waals surface area (Å²) in [5.41, 5.74) is 2.64. The van der Waals surface area contributed by atoms with Crippen molar-refractivity contribution in [3.63, 3.8) is 0 Å². The van der Waals surface area contributed by atoms with Crippen LogP contribution in [0.1, 0.15) is 40.7 Å². The highest BCUT2D eigenvalue weighted by atomic mass is 32.2. The van der Waals surface area contributed by atoms with E-state index in [0.717, 1.165) is 43.5 Å². The Morgan fingerprint density at radius 2 is 1.80 bits per heavy atom. The van der Waals surface area contributed by atoms with E-state index in [1.54, 1.807) is 18.2 Å². The van der Waals surface area contributed by atoms with E-state index in [-0.39, 0.29) is 11.5 Å². The number of aryl methyl sites for hydroxylation is 1. The Labute approximate surface area is 177 Å². The number of aromatic nitrogens is 1. The summed E-state index contributed by atoms with van der Waals surface area (Å²) in [6.07, 6.45) is 3.25. The molecule has 2 aromatic carbocycles. The fraction of sp³-hybridized carbons (Fsp3) is 0.304. The number of nitrogens with one attached hydrogen (secondary N) is 2. The number of carbonyl (C=O) groups excluding carboxylic acids is 1. The highest BCUT2D eigenvalue weighted by molar-refractivity contribution is 7.82. The Hall–Kier alpha value is -2.77. The monoisotopic (exact) mass is 423 g/mol. The van der Waals surface area contributed by atoms with Crippen LogP contribution >= 0.6 is 0 Å². The van der Waals surface area contributed by atoms with E-state index in [1.807, 2.05) is 35.5 Å². The summed E-state index contributed by atoms with van der Waals surface area (Å²) < 4.78 is 15.0. The Bertz CT molecular complexity index is 1150. The molecule has 2 heterocycles. The molecule has 0 radical (unpaired) electrons. The summed E-state index contributed by atoms with van der Waals surface area (Å²) in [7, 11) is -1.28. The van der Waals surface area contributed by atoms with Gasteiger partial charge in [-0.3, -0.25) is 9.59 Å². The summed E-state index contributed by atoms with van der Waals surface area (Å²) in [4.78, 5) is 28.4. The van der Waals surface area contributed by atoms with Crippen LogP contribution in [-0.4, -0.2) is 32.5 Å². The van der Waals surface area contributed by atoms with Crippen LogP contribution in [0.5, 0.6) is 0 Å². The number of pyridine rings is 1. The van der Waals surface area contributed by atoms with Crippen molar-refractivity contribution in [3.8, 4) is 0 Å². The molecule has 1 fully saturated rings. The van der Waals surface area contributed by atoms with Gasteiger partial charge in [0.1, 0.15) is 11.0 Å². The molecule has 156 valence electrons. The van der Waals surface area contributed by atoms with Crippen molar-refractivity contribution >= 4 is 27.8 Å². The molecule has 0 bridgehead atoms. The van der Waals surface area contributed by atoms with Gasteiger partial charge in [-0.15, -0.1) is 0 Å². The van der Waals surface area contributed by atoms with Crippen LogP contribution < -0.4 is 10.9 Å². The van der Waals surface area contributed by atoms with Crippen LogP contribution in [0.3, 0.4) is 0 Å². The summed E-state index contributed by atoms with van der Waals surface area (Å²) in [5.74, 6) is -0.326. The third-order valence-corrected chi connectivity index (χ3v) is 6.88. The minimum atomic E-state index is -1.28. The van der Waals surface area contributed by atoms with Crippen molar-refractivity contribution in [3.05, 3.63) is 75.6 Å². The second kappa shape index (κ2) is 8.93. The van der Waals surface area contributed by atoms with Crippen molar-refractivity contribution in [2.75, 3.05) is 13.1 Å². The lowest BCUT2D eigenvalue weighted by molar-refractivity contribution is 0.0952. The Morgan fingerprint density at radius 3 is 2.53 bits per heavy atom. The predicted octanol–water partition coefficient (Wildman–Crippen LogP) is 3.28. The van der Waals surface area contributed by atoms with Crippen molar-refractivity contribution in [1.82, 2.24) is 14.6 Å². The van der Waals surface area contributed by atoms with E-state index in [2.05, 4.69) is 10.3 Å². The quantitative estimate of drug-likeness (QED) is 0.661. The van der Waals surface area contributed by atoms with Gasteiger partial charge in [-0.25, -0.2) is 8.51 Å². The van der Waals surface area contributed by atoms with Crippen LogP contribution in [-0.2, 0) is 17.5 Å². The molecule has 0 spiro atoms. The average Bonchev–Trinajstić information content (AvgIpc) is 2.77. The molecular weight excluding hydrogens is 398 g/mol. The zero-order chi connectivity index (χ0) is 21.1. The summed E-state index contributed by atoms with van der Waals surface area (Å²) in [6.45, 7) is 3.99. The molecular formula is C23H25N3O3S. The molecule has 4 rings (SSSR count). The van der Waals surface area contributed by atoms with Crippen LogP contribution in [0.25, 0.3) is 10.9 Å². The molecule has 30 heavy (non-hydrogen) atoms. The standard InChI is InChI=1S/C23H25N3O3S/c1-16-5-7-17(8-6-16)15-24-23(28)20-14-22(27)25-21-10-9-18(13-19(20)21)30(29)26-11-3-2-4-12-26/h5-10,13-14H,2-4,11-12,15H2,1H3,(H,24,28)(H,25,27). The van der Waals surface area contributed by atoms with E-state index < -0.39 is 11.0 Å². The largest absolute Gasteiger partial charge is 0.348 e. The predicted molar refractivity (Wildman–Crippen MR) is 119 cm³/mol. The second-order valence-electron chi connectivity index (χ2n) is 7.66. The van der Waals surface area contributed by atoms with Gasteiger partial charge in [-0.2, -0.15) is 0 Å². The second-order valence-corrected chi connectivity index (χ2v) is 9.15. The average molecular weight is 424 g/mol. The van der Waals surface area contributed by atoms with Gasteiger partial charge >= 0.3 is 0 Å². The normalized spacial score (nSPS) is 15.8. The van der Waals surface area contributed by atoms with Gasteiger partial charge in [-0.1, -0.05) is 36.2 Å². The first kappa shape index (κ1) is 20.5. The number of nitrogens with zero attached hydrogens (tertiary/aromatic N) is 1. The van der Waals surface area contributed by atoms with Gasteiger partial charge < -0.3 is 10.3 Å². The number of hydrogen-bond donors (Lipinski definition) is 2. The van der Waals surface area contributed by atoms with Crippen molar-refractivity contribution < 1.29 is 9.00 Å². The minimum absolute atomic E-state index is 0.290.